The lowest BCUT2D eigenvalue weighted by Crippen LogP contribution is -2.27. The second kappa shape index (κ2) is 8.87. The summed E-state index contributed by atoms with van der Waals surface area (Å²) >= 11 is 1.71. The molecule has 1 aromatic heterocycles. The second-order valence-corrected chi connectivity index (χ2v) is 5.26. The van der Waals surface area contributed by atoms with Gasteiger partial charge in [0.1, 0.15) is 0 Å². The third-order valence-electron chi connectivity index (χ3n) is 2.78. The van der Waals surface area contributed by atoms with E-state index >= 15 is 0 Å². The van der Waals surface area contributed by atoms with Crippen LogP contribution in [-0.4, -0.2) is 37.1 Å². The lowest BCUT2D eigenvalue weighted by Gasteiger charge is -2.16. The third-order valence-corrected chi connectivity index (χ3v) is 3.84. The minimum absolute atomic E-state index is 0.100. The highest BCUT2D eigenvalue weighted by Crippen LogP contribution is 2.21. The van der Waals surface area contributed by atoms with Crippen molar-refractivity contribution in [2.45, 2.75) is 33.7 Å². The summed E-state index contributed by atoms with van der Waals surface area (Å²) < 4.78 is 0. The minimum Gasteiger partial charge on any atom is -0.356 e. The van der Waals surface area contributed by atoms with Crippen molar-refractivity contribution in [1.82, 2.24) is 15.6 Å². The number of thiazole rings is 1. The first-order valence-corrected chi connectivity index (χ1v) is 7.69. The van der Waals surface area contributed by atoms with Crippen molar-refractivity contribution >= 4 is 22.4 Å². The van der Waals surface area contributed by atoms with Gasteiger partial charge < -0.3 is 15.5 Å². The van der Waals surface area contributed by atoms with Crippen molar-refractivity contribution in [1.29, 1.82) is 0 Å². The molecule has 0 fully saturated rings. The fourth-order valence-electron chi connectivity index (χ4n) is 1.72. The number of hydrogen-bond acceptors (Lipinski definition) is 5. The Morgan fingerprint density at radius 1 is 1.37 bits per heavy atom. The second-order valence-electron chi connectivity index (χ2n) is 4.16. The molecule has 0 aliphatic heterocycles. The fraction of sp³-hybridized carbons (Fsp3) is 0.692. The maximum atomic E-state index is 11.3. The van der Waals surface area contributed by atoms with E-state index in [4.69, 9.17) is 0 Å². The molecule has 1 rings (SSSR count). The first-order valence-electron chi connectivity index (χ1n) is 6.88. The first kappa shape index (κ1) is 15.9. The lowest BCUT2D eigenvalue weighted by molar-refractivity contribution is -0.120. The van der Waals surface area contributed by atoms with E-state index in [1.165, 1.54) is 4.88 Å². The third kappa shape index (κ3) is 5.57. The average molecular weight is 284 g/mol. The van der Waals surface area contributed by atoms with Crippen LogP contribution < -0.4 is 15.5 Å². The van der Waals surface area contributed by atoms with E-state index in [9.17, 15) is 4.79 Å². The van der Waals surface area contributed by atoms with Gasteiger partial charge in [-0.1, -0.05) is 0 Å². The van der Waals surface area contributed by atoms with Gasteiger partial charge in [0, 0.05) is 50.2 Å². The monoisotopic (exact) mass is 284 g/mol. The smallest absolute Gasteiger partial charge is 0.221 e. The fourth-order valence-corrected chi connectivity index (χ4v) is 2.73. The number of amides is 1. The van der Waals surface area contributed by atoms with Crippen LogP contribution >= 0.6 is 11.3 Å². The molecule has 0 atom stereocenters. The molecule has 1 amide bonds. The van der Waals surface area contributed by atoms with Crippen LogP contribution in [0.4, 0.5) is 5.13 Å². The van der Waals surface area contributed by atoms with Gasteiger partial charge in [-0.05, 0) is 20.8 Å². The molecule has 0 unspecified atom stereocenters. The molecule has 0 radical (unpaired) electrons. The van der Waals surface area contributed by atoms with Gasteiger partial charge in [-0.15, -0.1) is 11.3 Å². The highest BCUT2D eigenvalue weighted by atomic mass is 32.1. The molecule has 108 valence electrons. The molecule has 19 heavy (non-hydrogen) atoms. The Bertz CT molecular complexity index is 376. The molecule has 0 aromatic carbocycles. The van der Waals surface area contributed by atoms with Gasteiger partial charge in [-0.3, -0.25) is 4.79 Å². The van der Waals surface area contributed by atoms with E-state index in [0.717, 1.165) is 24.8 Å². The van der Waals surface area contributed by atoms with Crippen molar-refractivity contribution in [3.63, 3.8) is 0 Å². The summed E-state index contributed by atoms with van der Waals surface area (Å²) in [6.07, 6.45) is 2.44. The molecule has 0 saturated heterocycles. The number of nitrogens with one attached hydrogen (secondary N) is 2. The number of anilines is 1. The van der Waals surface area contributed by atoms with E-state index < -0.39 is 0 Å². The Morgan fingerprint density at radius 2 is 2.11 bits per heavy atom. The number of carbonyl (C=O) groups excluding carboxylic acids is 1. The van der Waals surface area contributed by atoms with Crippen molar-refractivity contribution < 1.29 is 4.79 Å². The Morgan fingerprint density at radius 3 is 2.74 bits per heavy atom. The molecule has 5 nitrogen and oxygen atoms in total. The molecule has 6 heteroatoms. The quantitative estimate of drug-likeness (QED) is 0.676. The summed E-state index contributed by atoms with van der Waals surface area (Å²) in [6, 6.07) is 0. The van der Waals surface area contributed by atoms with Crippen LogP contribution in [0.5, 0.6) is 0 Å². The zero-order valence-electron chi connectivity index (χ0n) is 12.0. The average Bonchev–Trinajstić information content (AvgIpc) is 2.85. The summed E-state index contributed by atoms with van der Waals surface area (Å²) in [4.78, 5) is 19.1. The molecule has 1 heterocycles. The van der Waals surface area contributed by atoms with E-state index in [1.807, 2.05) is 13.1 Å². The molecule has 2 N–H and O–H groups in total. The van der Waals surface area contributed by atoms with E-state index in [2.05, 4.69) is 34.4 Å². The van der Waals surface area contributed by atoms with E-state index in [1.54, 1.807) is 11.3 Å². The van der Waals surface area contributed by atoms with Gasteiger partial charge >= 0.3 is 0 Å². The Labute approximate surface area is 119 Å². The maximum absolute atomic E-state index is 11.3. The van der Waals surface area contributed by atoms with Crippen molar-refractivity contribution in [3.05, 3.63) is 11.1 Å². The van der Waals surface area contributed by atoms with Crippen LogP contribution in [0.3, 0.4) is 0 Å². The van der Waals surface area contributed by atoms with Crippen LogP contribution in [0.25, 0.3) is 0 Å². The summed E-state index contributed by atoms with van der Waals surface area (Å²) in [6.45, 7) is 10.3. The van der Waals surface area contributed by atoms with Gasteiger partial charge in [0.05, 0.1) is 0 Å². The Balaban J connectivity index is 2.28. The minimum atomic E-state index is 0.100. The van der Waals surface area contributed by atoms with Gasteiger partial charge in [-0.2, -0.15) is 0 Å². The van der Waals surface area contributed by atoms with Crippen molar-refractivity contribution in [2.24, 2.45) is 0 Å². The van der Waals surface area contributed by atoms with Gasteiger partial charge in [-0.25, -0.2) is 4.98 Å². The molecule has 0 saturated carbocycles. The highest BCUT2D eigenvalue weighted by molar-refractivity contribution is 7.15. The predicted octanol–water partition coefficient (Wildman–Crippen LogP) is 1.61. The predicted molar refractivity (Wildman–Crippen MR) is 80.7 cm³/mol. The molecular weight excluding hydrogens is 260 g/mol. The number of nitrogens with zero attached hydrogens (tertiary/aromatic N) is 2. The van der Waals surface area contributed by atoms with Crippen LogP contribution in [-0.2, 0) is 11.3 Å². The summed E-state index contributed by atoms with van der Waals surface area (Å²) in [7, 11) is 0. The molecule has 0 aliphatic rings. The van der Waals surface area contributed by atoms with Crippen LogP contribution in [0.1, 0.15) is 32.1 Å². The van der Waals surface area contributed by atoms with Crippen LogP contribution in [0.2, 0.25) is 0 Å². The topological polar surface area (TPSA) is 57.3 Å². The zero-order valence-corrected chi connectivity index (χ0v) is 12.8. The zero-order chi connectivity index (χ0) is 14.1. The number of hydrogen-bond donors (Lipinski definition) is 2. The largest absolute Gasteiger partial charge is 0.356 e. The Kier molecular flexibility index (Phi) is 7.43. The SMILES string of the molecule is CCNC(=O)CCNCc1cnc(N(CC)CC)s1. The lowest BCUT2D eigenvalue weighted by atomic mass is 10.4. The number of carbonyl (C=O) groups is 1. The number of aromatic nitrogens is 1. The van der Waals surface area contributed by atoms with E-state index in [-0.39, 0.29) is 5.91 Å². The molecule has 1 aromatic rings. The van der Waals surface area contributed by atoms with E-state index in [0.29, 0.717) is 19.5 Å². The summed E-state index contributed by atoms with van der Waals surface area (Å²) in [5, 5.41) is 7.13. The molecule has 0 aliphatic carbocycles. The standard InChI is InChI=1S/C13H24N4OS/c1-4-15-12(18)7-8-14-9-11-10-16-13(19-11)17(5-2)6-3/h10,14H,4-9H2,1-3H3,(H,15,18). The summed E-state index contributed by atoms with van der Waals surface area (Å²) in [5.41, 5.74) is 0. The maximum Gasteiger partial charge on any atom is 0.221 e. The van der Waals surface area contributed by atoms with Crippen LogP contribution in [0, 0.1) is 0 Å². The van der Waals surface area contributed by atoms with Crippen molar-refractivity contribution in [3.8, 4) is 0 Å². The van der Waals surface area contributed by atoms with Gasteiger partial charge in [0.15, 0.2) is 5.13 Å². The normalized spacial score (nSPS) is 10.5. The molecular formula is C13H24N4OS. The van der Waals surface area contributed by atoms with Gasteiger partial charge in [0.25, 0.3) is 0 Å². The molecule has 0 spiro atoms. The van der Waals surface area contributed by atoms with Gasteiger partial charge in [0.2, 0.25) is 5.91 Å². The van der Waals surface area contributed by atoms with Crippen LogP contribution in [0.15, 0.2) is 6.20 Å². The number of rotatable bonds is 9. The highest BCUT2D eigenvalue weighted by Gasteiger charge is 2.07. The molecule has 0 bridgehead atoms. The first-order chi connectivity index (χ1) is 9.21. The Hall–Kier alpha value is -1.14. The van der Waals surface area contributed by atoms with Crippen molar-refractivity contribution in [2.75, 3.05) is 31.1 Å². The summed E-state index contributed by atoms with van der Waals surface area (Å²) in [5.74, 6) is 0.100.